The summed E-state index contributed by atoms with van der Waals surface area (Å²) in [6.45, 7) is 16.6. The van der Waals surface area contributed by atoms with Gasteiger partial charge in [-0.3, -0.25) is 0 Å². The Balaban J connectivity index is 0.000000366. The molecule has 0 saturated heterocycles. The van der Waals surface area contributed by atoms with Crippen molar-refractivity contribution in [2.45, 2.75) is 60.4 Å². The molecule has 0 aromatic heterocycles. The Morgan fingerprint density at radius 2 is 1.53 bits per heavy atom. The number of hydrogen-bond acceptors (Lipinski definition) is 2. The van der Waals surface area contributed by atoms with Gasteiger partial charge in [0.15, 0.2) is 0 Å². The van der Waals surface area contributed by atoms with Crippen LogP contribution in [0.5, 0.6) is 0 Å². The molecule has 0 fully saturated rings. The lowest BCUT2D eigenvalue weighted by atomic mass is 9.94. The van der Waals surface area contributed by atoms with Gasteiger partial charge in [0, 0.05) is 24.2 Å². The zero-order valence-corrected chi connectivity index (χ0v) is 13.9. The van der Waals surface area contributed by atoms with Crippen LogP contribution in [0.2, 0.25) is 0 Å². The van der Waals surface area contributed by atoms with Gasteiger partial charge in [0.05, 0.1) is 6.67 Å². The topological polar surface area (TPSA) is 6.48 Å². The van der Waals surface area contributed by atoms with Crippen molar-refractivity contribution in [3.63, 3.8) is 0 Å². The van der Waals surface area contributed by atoms with Crippen LogP contribution in [0.15, 0.2) is 12.4 Å². The van der Waals surface area contributed by atoms with Crippen LogP contribution in [-0.2, 0) is 0 Å². The third-order valence-electron chi connectivity index (χ3n) is 2.95. The van der Waals surface area contributed by atoms with Crippen LogP contribution in [0.4, 0.5) is 0 Å². The fourth-order valence-electron chi connectivity index (χ4n) is 1.02. The lowest BCUT2D eigenvalue weighted by Crippen LogP contribution is -2.38. The van der Waals surface area contributed by atoms with Crippen LogP contribution >= 0.6 is 9.24 Å². The number of rotatable bonds is 1. The predicted octanol–water partition coefficient (Wildman–Crippen LogP) is 4.11. The average molecular weight is 258 g/mol. The first kappa shape index (κ1) is 16.8. The molecule has 1 heterocycles. The van der Waals surface area contributed by atoms with Gasteiger partial charge in [-0.05, 0) is 26.2 Å². The van der Waals surface area contributed by atoms with E-state index < -0.39 is 0 Å². The number of hydrogen-bond donors (Lipinski definition) is 0. The highest BCUT2D eigenvalue weighted by Crippen LogP contribution is 2.19. The van der Waals surface area contributed by atoms with Crippen molar-refractivity contribution >= 4 is 9.24 Å². The second-order valence-corrected chi connectivity index (χ2v) is 7.13. The van der Waals surface area contributed by atoms with Crippen molar-refractivity contribution in [3.05, 3.63) is 12.4 Å². The Kier molecular flexibility index (Phi) is 6.55. The van der Waals surface area contributed by atoms with Crippen LogP contribution < -0.4 is 0 Å². The van der Waals surface area contributed by atoms with E-state index in [0.29, 0.717) is 5.41 Å². The molecule has 1 unspecified atom stereocenters. The summed E-state index contributed by atoms with van der Waals surface area (Å²) in [6, 6.07) is 0. The van der Waals surface area contributed by atoms with Crippen LogP contribution in [0.1, 0.15) is 54.9 Å². The summed E-state index contributed by atoms with van der Waals surface area (Å²) in [7, 11) is 2.73. The second-order valence-electron chi connectivity index (χ2n) is 6.77. The number of nitrogens with zero attached hydrogens (tertiary/aromatic N) is 2. The molecule has 102 valence electrons. The first-order chi connectivity index (χ1) is 7.60. The first-order valence-electron chi connectivity index (χ1n) is 6.49. The van der Waals surface area contributed by atoms with Gasteiger partial charge in [0.25, 0.3) is 0 Å². The molecule has 0 bridgehead atoms. The zero-order valence-electron chi connectivity index (χ0n) is 12.7. The van der Waals surface area contributed by atoms with E-state index in [0.717, 1.165) is 13.0 Å². The van der Waals surface area contributed by atoms with Crippen molar-refractivity contribution in [2.75, 3.05) is 13.0 Å². The minimum atomic E-state index is 0.255. The van der Waals surface area contributed by atoms with E-state index in [1.54, 1.807) is 0 Å². The van der Waals surface area contributed by atoms with Gasteiger partial charge in [0.2, 0.25) is 0 Å². The molecular weight excluding hydrogens is 227 g/mol. The van der Waals surface area contributed by atoms with Crippen LogP contribution in [0.3, 0.4) is 0 Å². The van der Waals surface area contributed by atoms with Crippen molar-refractivity contribution in [2.24, 2.45) is 5.41 Å². The Morgan fingerprint density at radius 1 is 1.06 bits per heavy atom. The van der Waals surface area contributed by atoms with E-state index in [1.165, 1.54) is 6.42 Å². The minimum Gasteiger partial charge on any atom is -0.355 e. The van der Waals surface area contributed by atoms with Gasteiger partial charge < -0.3 is 9.80 Å². The van der Waals surface area contributed by atoms with E-state index in [2.05, 4.69) is 79.9 Å². The molecule has 0 saturated carbocycles. The van der Waals surface area contributed by atoms with Crippen LogP contribution in [0, 0.1) is 5.41 Å². The quantitative estimate of drug-likeness (QED) is 0.653. The minimum absolute atomic E-state index is 0.255. The van der Waals surface area contributed by atoms with Gasteiger partial charge >= 0.3 is 0 Å². The monoisotopic (exact) mass is 258 g/mol. The Labute approximate surface area is 111 Å². The summed E-state index contributed by atoms with van der Waals surface area (Å²) >= 11 is 0. The Morgan fingerprint density at radius 3 is 1.71 bits per heavy atom. The van der Waals surface area contributed by atoms with Crippen LogP contribution in [-0.4, -0.2) is 28.3 Å². The fraction of sp³-hybridized carbons (Fsp3) is 0.857. The summed E-state index contributed by atoms with van der Waals surface area (Å²) in [6.07, 6.45) is 6.58. The summed E-state index contributed by atoms with van der Waals surface area (Å²) in [5, 5.41) is 0. The lowest BCUT2D eigenvalue weighted by molar-refractivity contribution is 0.171. The van der Waals surface area contributed by atoms with Gasteiger partial charge in [0.1, 0.15) is 0 Å². The maximum Gasteiger partial charge on any atom is 0.0901 e. The fourth-order valence-corrected chi connectivity index (χ4v) is 1.26. The van der Waals surface area contributed by atoms with Gasteiger partial charge in [-0.15, -0.1) is 9.24 Å². The highest BCUT2D eigenvalue weighted by atomic mass is 31.0. The van der Waals surface area contributed by atoms with Crippen molar-refractivity contribution in [1.82, 2.24) is 9.80 Å². The first-order valence-corrected chi connectivity index (χ1v) is 7.31. The van der Waals surface area contributed by atoms with Crippen molar-refractivity contribution in [3.8, 4) is 0 Å². The third-order valence-corrected chi connectivity index (χ3v) is 3.42. The standard InChI is InChI=1S/C8H17N2P.C6H14/c1-8(2,3)10-5-4-9(6-10)7-11;1-5-6(2,3)4/h4-5H,6-7,11H2,1-3H3;5H2,1-4H3. The average Bonchev–Trinajstić information content (AvgIpc) is 2.65. The molecule has 2 nitrogen and oxygen atoms in total. The predicted molar refractivity (Wildman–Crippen MR) is 81.8 cm³/mol. The normalized spacial score (nSPS) is 16.0. The Bertz CT molecular complexity index is 236. The second kappa shape index (κ2) is 6.64. The molecule has 17 heavy (non-hydrogen) atoms. The van der Waals surface area contributed by atoms with Crippen molar-refractivity contribution in [1.29, 1.82) is 0 Å². The van der Waals surface area contributed by atoms with Crippen LogP contribution in [0.25, 0.3) is 0 Å². The van der Waals surface area contributed by atoms with Gasteiger partial charge in [-0.2, -0.15) is 0 Å². The van der Waals surface area contributed by atoms with E-state index in [4.69, 9.17) is 0 Å². The zero-order chi connectivity index (χ0) is 13.7. The van der Waals surface area contributed by atoms with E-state index >= 15 is 0 Å². The lowest BCUT2D eigenvalue weighted by Gasteiger charge is -2.32. The van der Waals surface area contributed by atoms with Crippen molar-refractivity contribution < 1.29 is 0 Å². The molecule has 0 aliphatic carbocycles. The SMILES string of the molecule is CC(C)(C)N1C=CN(CP)C1.CCC(C)(C)C. The molecule has 1 aliphatic rings. The summed E-state index contributed by atoms with van der Waals surface area (Å²) in [4.78, 5) is 4.59. The summed E-state index contributed by atoms with van der Waals surface area (Å²) in [5.41, 5.74) is 0.797. The smallest absolute Gasteiger partial charge is 0.0901 e. The van der Waals surface area contributed by atoms with E-state index in [1.807, 2.05) is 0 Å². The molecule has 0 aromatic rings. The van der Waals surface area contributed by atoms with E-state index in [9.17, 15) is 0 Å². The molecule has 1 rings (SSSR count). The Hall–Kier alpha value is -0.230. The van der Waals surface area contributed by atoms with E-state index in [-0.39, 0.29) is 5.54 Å². The highest BCUT2D eigenvalue weighted by molar-refractivity contribution is 7.16. The molecule has 0 aromatic carbocycles. The molecule has 0 N–H and O–H groups in total. The molecule has 0 amide bonds. The molecule has 0 radical (unpaired) electrons. The maximum absolute atomic E-state index is 2.73. The molecule has 1 atom stereocenters. The highest BCUT2D eigenvalue weighted by Gasteiger charge is 2.22. The molecule has 0 spiro atoms. The molecule has 3 heteroatoms. The summed E-state index contributed by atoms with van der Waals surface area (Å²) < 4.78 is 0. The third kappa shape index (κ3) is 7.65. The van der Waals surface area contributed by atoms with Gasteiger partial charge in [-0.1, -0.05) is 34.1 Å². The van der Waals surface area contributed by atoms with Gasteiger partial charge in [-0.25, -0.2) is 0 Å². The largest absolute Gasteiger partial charge is 0.355 e. The maximum atomic E-state index is 2.73. The molecular formula is C14H31N2P. The summed E-state index contributed by atoms with van der Waals surface area (Å²) in [5.74, 6) is 0. The molecule has 1 aliphatic heterocycles.